The molecule has 3 heterocycles. The highest BCUT2D eigenvalue weighted by atomic mass is 32.2. The molecule has 2 aromatic carbocycles. The molecule has 1 amide bonds. The van der Waals surface area contributed by atoms with Gasteiger partial charge in [0.25, 0.3) is 5.91 Å². The van der Waals surface area contributed by atoms with Gasteiger partial charge in [-0.2, -0.15) is 5.10 Å². The van der Waals surface area contributed by atoms with E-state index in [0.29, 0.717) is 11.4 Å². The second-order valence-electron chi connectivity index (χ2n) is 7.28. The summed E-state index contributed by atoms with van der Waals surface area (Å²) in [4.78, 5) is 19.0. The van der Waals surface area contributed by atoms with Crippen LogP contribution in [0.4, 0.5) is 11.5 Å². The first kappa shape index (κ1) is 18.6. The number of amides is 1. The van der Waals surface area contributed by atoms with Gasteiger partial charge in [0.1, 0.15) is 5.52 Å². The number of H-pyrrole nitrogens is 1. The van der Waals surface area contributed by atoms with Crippen LogP contribution in [0.2, 0.25) is 0 Å². The van der Waals surface area contributed by atoms with Crippen molar-refractivity contribution in [3.05, 3.63) is 60.3 Å². The van der Waals surface area contributed by atoms with Gasteiger partial charge in [0.05, 0.1) is 17.0 Å². The van der Waals surface area contributed by atoms with Crippen molar-refractivity contribution >= 4 is 49.1 Å². The van der Waals surface area contributed by atoms with Gasteiger partial charge in [-0.1, -0.05) is 18.2 Å². The third-order valence-corrected chi connectivity index (χ3v) is 6.93. The van der Waals surface area contributed by atoms with Crippen LogP contribution in [-0.4, -0.2) is 59.0 Å². The summed E-state index contributed by atoms with van der Waals surface area (Å²) in [5.41, 5.74) is 3.00. The SMILES string of the molecule is O=C(c1cccc2cc(Nc3n[nH]c4cccnc34)ccc12)N1CCS(=O)(=O)CC1. The van der Waals surface area contributed by atoms with Crippen LogP contribution in [0.5, 0.6) is 0 Å². The topological polar surface area (TPSA) is 108 Å². The Morgan fingerprint density at radius 1 is 1.07 bits per heavy atom. The number of carbonyl (C=O) groups is 1. The zero-order valence-corrected chi connectivity index (χ0v) is 16.8. The van der Waals surface area contributed by atoms with Crippen LogP contribution in [0.15, 0.2) is 54.7 Å². The highest BCUT2D eigenvalue weighted by Gasteiger charge is 2.26. The minimum absolute atomic E-state index is 0.0171. The molecule has 0 radical (unpaired) electrons. The normalized spacial score (nSPS) is 16.1. The monoisotopic (exact) mass is 421 g/mol. The third kappa shape index (κ3) is 3.37. The summed E-state index contributed by atoms with van der Waals surface area (Å²) >= 11 is 0. The Morgan fingerprint density at radius 3 is 2.73 bits per heavy atom. The quantitative estimate of drug-likeness (QED) is 0.527. The number of nitrogens with one attached hydrogen (secondary N) is 2. The van der Waals surface area contributed by atoms with Crippen LogP contribution in [0.25, 0.3) is 21.8 Å². The number of hydrogen-bond acceptors (Lipinski definition) is 6. The number of carbonyl (C=O) groups excluding carboxylic acids is 1. The summed E-state index contributed by atoms with van der Waals surface area (Å²) in [6, 6.07) is 15.1. The Hall–Kier alpha value is -3.46. The molecule has 0 saturated carbocycles. The van der Waals surface area contributed by atoms with Crippen LogP contribution < -0.4 is 5.32 Å². The van der Waals surface area contributed by atoms with Gasteiger partial charge >= 0.3 is 0 Å². The zero-order chi connectivity index (χ0) is 20.7. The smallest absolute Gasteiger partial charge is 0.254 e. The molecule has 30 heavy (non-hydrogen) atoms. The molecule has 152 valence electrons. The molecule has 8 nitrogen and oxygen atoms in total. The lowest BCUT2D eigenvalue weighted by Crippen LogP contribution is -2.43. The Morgan fingerprint density at radius 2 is 1.90 bits per heavy atom. The first-order valence-electron chi connectivity index (χ1n) is 9.59. The minimum atomic E-state index is -3.04. The summed E-state index contributed by atoms with van der Waals surface area (Å²) < 4.78 is 23.3. The summed E-state index contributed by atoms with van der Waals surface area (Å²) in [6.07, 6.45) is 1.72. The molecule has 1 fully saturated rings. The molecular weight excluding hydrogens is 402 g/mol. The molecule has 4 aromatic rings. The summed E-state index contributed by atoms with van der Waals surface area (Å²) in [7, 11) is -3.04. The number of hydrogen-bond donors (Lipinski definition) is 2. The second kappa shape index (κ2) is 7.10. The molecule has 0 aliphatic carbocycles. The molecule has 2 aromatic heterocycles. The second-order valence-corrected chi connectivity index (χ2v) is 9.59. The Labute approximate surface area is 172 Å². The molecule has 1 saturated heterocycles. The largest absolute Gasteiger partial charge is 0.337 e. The highest BCUT2D eigenvalue weighted by Crippen LogP contribution is 2.27. The van der Waals surface area contributed by atoms with Crippen LogP contribution in [0.3, 0.4) is 0 Å². The number of pyridine rings is 1. The fourth-order valence-corrected chi connectivity index (χ4v) is 4.91. The molecule has 0 unspecified atom stereocenters. The van der Waals surface area contributed by atoms with Gasteiger partial charge in [-0.25, -0.2) is 8.42 Å². The number of anilines is 2. The third-order valence-electron chi connectivity index (χ3n) is 5.33. The van der Waals surface area contributed by atoms with Gasteiger partial charge in [-0.3, -0.25) is 14.9 Å². The van der Waals surface area contributed by atoms with E-state index in [0.717, 1.165) is 27.5 Å². The lowest BCUT2D eigenvalue weighted by Gasteiger charge is -2.27. The lowest BCUT2D eigenvalue weighted by atomic mass is 10.0. The minimum Gasteiger partial charge on any atom is -0.337 e. The number of fused-ring (bicyclic) bond motifs is 2. The van der Waals surface area contributed by atoms with Gasteiger partial charge < -0.3 is 10.2 Å². The van der Waals surface area contributed by atoms with Crippen molar-refractivity contribution in [2.24, 2.45) is 0 Å². The lowest BCUT2D eigenvalue weighted by molar-refractivity contribution is 0.0772. The van der Waals surface area contributed by atoms with E-state index in [1.807, 2.05) is 42.5 Å². The fourth-order valence-electron chi connectivity index (χ4n) is 3.71. The van der Waals surface area contributed by atoms with Gasteiger partial charge in [-0.15, -0.1) is 0 Å². The number of benzene rings is 2. The molecule has 0 bridgehead atoms. The Balaban J connectivity index is 1.44. The van der Waals surface area contributed by atoms with Crippen molar-refractivity contribution in [2.75, 3.05) is 29.9 Å². The van der Waals surface area contributed by atoms with Gasteiger partial charge in [0.2, 0.25) is 0 Å². The van der Waals surface area contributed by atoms with Crippen LogP contribution in [0, 0.1) is 0 Å². The van der Waals surface area contributed by atoms with Crippen molar-refractivity contribution in [2.45, 2.75) is 0 Å². The van der Waals surface area contributed by atoms with E-state index < -0.39 is 9.84 Å². The summed E-state index contributed by atoms with van der Waals surface area (Å²) in [5, 5.41) is 12.2. The molecule has 0 atom stereocenters. The number of rotatable bonds is 3. The van der Waals surface area contributed by atoms with Crippen molar-refractivity contribution in [3.63, 3.8) is 0 Å². The average molecular weight is 421 g/mol. The van der Waals surface area contributed by atoms with Gasteiger partial charge in [-0.05, 0) is 41.1 Å². The van der Waals surface area contributed by atoms with E-state index in [1.54, 1.807) is 17.2 Å². The number of aromatic amines is 1. The van der Waals surface area contributed by atoms with E-state index in [2.05, 4.69) is 20.5 Å². The molecule has 2 N–H and O–H groups in total. The molecule has 9 heteroatoms. The Bertz CT molecular complexity index is 1370. The molecule has 0 spiro atoms. The van der Waals surface area contributed by atoms with Gasteiger partial charge in [0.15, 0.2) is 15.7 Å². The van der Waals surface area contributed by atoms with Crippen molar-refractivity contribution < 1.29 is 13.2 Å². The van der Waals surface area contributed by atoms with E-state index >= 15 is 0 Å². The van der Waals surface area contributed by atoms with Crippen LogP contribution in [-0.2, 0) is 9.84 Å². The number of nitrogens with zero attached hydrogens (tertiary/aromatic N) is 3. The molecule has 5 rings (SSSR count). The maximum atomic E-state index is 13.0. The predicted octanol–water partition coefficient (Wildman–Crippen LogP) is 2.73. The van der Waals surface area contributed by atoms with E-state index in [4.69, 9.17) is 0 Å². The summed E-state index contributed by atoms with van der Waals surface area (Å²) in [5.74, 6) is 0.525. The zero-order valence-electron chi connectivity index (χ0n) is 16.0. The molecular formula is C21H19N5O3S. The van der Waals surface area contributed by atoms with E-state index in [-0.39, 0.29) is 30.5 Å². The molecule has 1 aliphatic heterocycles. The number of aromatic nitrogens is 3. The first-order valence-corrected chi connectivity index (χ1v) is 11.4. The van der Waals surface area contributed by atoms with Crippen molar-refractivity contribution in [1.82, 2.24) is 20.1 Å². The molecule has 1 aliphatic rings. The van der Waals surface area contributed by atoms with Gasteiger partial charge in [0, 0.05) is 30.5 Å². The predicted molar refractivity (Wildman–Crippen MR) is 116 cm³/mol. The number of sulfone groups is 1. The standard InChI is InChI=1S/C21H19N5O3S/c27-21(26-9-11-30(28,29)12-10-26)17-4-1-3-14-13-15(6-7-16(14)17)23-20-19-18(24-25-20)5-2-8-22-19/h1-8,13H,9-12H2,(H2,23,24,25). The van der Waals surface area contributed by atoms with E-state index in [1.165, 1.54) is 0 Å². The maximum Gasteiger partial charge on any atom is 0.254 e. The highest BCUT2D eigenvalue weighted by molar-refractivity contribution is 7.91. The van der Waals surface area contributed by atoms with Crippen molar-refractivity contribution in [1.29, 1.82) is 0 Å². The first-order chi connectivity index (χ1) is 14.5. The Kier molecular flexibility index (Phi) is 4.39. The van der Waals surface area contributed by atoms with Crippen molar-refractivity contribution in [3.8, 4) is 0 Å². The maximum absolute atomic E-state index is 13.0. The van der Waals surface area contributed by atoms with Crippen LogP contribution >= 0.6 is 0 Å². The fraction of sp³-hybridized carbons (Fsp3) is 0.190. The van der Waals surface area contributed by atoms with Crippen LogP contribution in [0.1, 0.15) is 10.4 Å². The summed E-state index contributed by atoms with van der Waals surface area (Å²) in [6.45, 7) is 0.465. The average Bonchev–Trinajstić information content (AvgIpc) is 3.15. The van der Waals surface area contributed by atoms with E-state index in [9.17, 15) is 13.2 Å².